The molecule has 1 amide bonds. The van der Waals surface area contributed by atoms with E-state index in [0.29, 0.717) is 17.5 Å². The lowest BCUT2D eigenvalue weighted by Crippen LogP contribution is -2.34. The van der Waals surface area contributed by atoms with Gasteiger partial charge < -0.3 is 10.0 Å². The fourth-order valence-corrected chi connectivity index (χ4v) is 2.46. The van der Waals surface area contributed by atoms with Crippen LogP contribution in [0.1, 0.15) is 26.7 Å². The quantitative estimate of drug-likeness (QED) is 0.737. The lowest BCUT2D eigenvalue weighted by molar-refractivity contribution is -0.140. The highest BCUT2D eigenvalue weighted by Crippen LogP contribution is 2.27. The van der Waals surface area contributed by atoms with Crippen molar-refractivity contribution in [3.63, 3.8) is 0 Å². The third kappa shape index (κ3) is 4.04. The van der Waals surface area contributed by atoms with Gasteiger partial charge in [0.25, 0.3) is 0 Å². The Morgan fingerprint density at radius 3 is 2.56 bits per heavy atom. The lowest BCUT2D eigenvalue weighted by atomic mass is 10.2. The Bertz CT molecular complexity index is 266. The summed E-state index contributed by atoms with van der Waals surface area (Å²) in [6.45, 7) is 4.41. The summed E-state index contributed by atoms with van der Waals surface area (Å²) in [5, 5.41) is 8.69. The minimum absolute atomic E-state index is 0.146. The van der Waals surface area contributed by atoms with Crippen LogP contribution in [0.2, 0.25) is 0 Å². The van der Waals surface area contributed by atoms with Gasteiger partial charge in [-0.2, -0.15) is 11.8 Å². The van der Waals surface area contributed by atoms with Crippen molar-refractivity contribution in [3.05, 3.63) is 0 Å². The van der Waals surface area contributed by atoms with Gasteiger partial charge in [-0.15, -0.1) is 0 Å². The maximum atomic E-state index is 11.8. The molecule has 5 heteroatoms. The largest absolute Gasteiger partial charge is 0.481 e. The van der Waals surface area contributed by atoms with Crippen LogP contribution < -0.4 is 0 Å². The van der Waals surface area contributed by atoms with Crippen LogP contribution in [0.25, 0.3) is 0 Å². The zero-order valence-corrected chi connectivity index (χ0v) is 10.6. The summed E-state index contributed by atoms with van der Waals surface area (Å²) in [4.78, 5) is 24.2. The molecule has 1 aliphatic carbocycles. The average molecular weight is 245 g/mol. The second-order valence-corrected chi connectivity index (χ2v) is 5.20. The van der Waals surface area contributed by atoms with E-state index in [2.05, 4.69) is 0 Å². The highest BCUT2D eigenvalue weighted by atomic mass is 32.2. The van der Waals surface area contributed by atoms with Crippen LogP contribution in [0.5, 0.6) is 0 Å². The summed E-state index contributed by atoms with van der Waals surface area (Å²) in [7, 11) is 0. The summed E-state index contributed by atoms with van der Waals surface area (Å²) in [5.74, 6) is -0.124. The molecule has 92 valence electrons. The first-order valence-corrected chi connectivity index (χ1v) is 6.81. The van der Waals surface area contributed by atoms with Crippen LogP contribution in [0, 0.1) is 5.92 Å². The van der Waals surface area contributed by atoms with E-state index >= 15 is 0 Å². The van der Waals surface area contributed by atoms with Crippen LogP contribution >= 0.6 is 11.8 Å². The highest BCUT2D eigenvalue weighted by molar-refractivity contribution is 7.99. The van der Waals surface area contributed by atoms with E-state index < -0.39 is 5.97 Å². The molecule has 4 nitrogen and oxygen atoms in total. The van der Waals surface area contributed by atoms with Crippen molar-refractivity contribution in [2.75, 3.05) is 18.1 Å². The van der Waals surface area contributed by atoms with E-state index in [1.807, 2.05) is 11.8 Å². The Hall–Kier alpha value is -0.710. The average Bonchev–Trinajstić information content (AvgIpc) is 3.02. The van der Waals surface area contributed by atoms with Crippen LogP contribution in [-0.4, -0.2) is 46.0 Å². The Kier molecular flexibility index (Phi) is 5.12. The second kappa shape index (κ2) is 6.13. The molecule has 1 rings (SSSR count). The van der Waals surface area contributed by atoms with E-state index in [-0.39, 0.29) is 11.8 Å². The topological polar surface area (TPSA) is 57.6 Å². The van der Waals surface area contributed by atoms with Gasteiger partial charge in [0.15, 0.2) is 0 Å². The number of carbonyl (C=O) groups excluding carboxylic acids is 1. The molecule has 16 heavy (non-hydrogen) atoms. The molecule has 1 fully saturated rings. The molecule has 0 spiro atoms. The third-order valence-electron chi connectivity index (χ3n) is 2.66. The van der Waals surface area contributed by atoms with Gasteiger partial charge in [0.1, 0.15) is 0 Å². The molecule has 0 bridgehead atoms. The van der Waals surface area contributed by atoms with Crippen molar-refractivity contribution < 1.29 is 14.7 Å². The van der Waals surface area contributed by atoms with Crippen molar-refractivity contribution in [1.82, 2.24) is 4.90 Å². The first-order valence-electron chi connectivity index (χ1n) is 5.66. The van der Waals surface area contributed by atoms with Gasteiger partial charge in [0.2, 0.25) is 5.91 Å². The van der Waals surface area contributed by atoms with Crippen LogP contribution in [0.4, 0.5) is 0 Å². The van der Waals surface area contributed by atoms with E-state index in [9.17, 15) is 9.59 Å². The molecule has 0 heterocycles. The fraction of sp³-hybridized carbons (Fsp3) is 0.818. The maximum Gasteiger partial charge on any atom is 0.307 e. The molecular formula is C11H19NO3S. The molecule has 1 saturated carbocycles. The van der Waals surface area contributed by atoms with Crippen molar-refractivity contribution in [1.29, 1.82) is 0 Å². The molecule has 1 unspecified atom stereocenters. The molecule has 1 atom stereocenters. The van der Waals surface area contributed by atoms with E-state index in [0.717, 1.165) is 19.4 Å². The number of rotatable bonds is 7. The Morgan fingerprint density at radius 1 is 1.50 bits per heavy atom. The SMILES string of the molecule is CCN(C(=O)CSCC(C)C(=O)O)C1CC1. The summed E-state index contributed by atoms with van der Waals surface area (Å²) in [6.07, 6.45) is 2.24. The summed E-state index contributed by atoms with van der Waals surface area (Å²) in [5.41, 5.74) is 0. The van der Waals surface area contributed by atoms with Crippen LogP contribution in [0.3, 0.4) is 0 Å². The normalized spacial score (nSPS) is 16.9. The predicted octanol–water partition coefficient (Wildman–Crippen LogP) is 1.45. The van der Waals surface area contributed by atoms with Gasteiger partial charge in [0, 0.05) is 18.3 Å². The highest BCUT2D eigenvalue weighted by Gasteiger charge is 2.31. The number of carboxylic acids is 1. The van der Waals surface area contributed by atoms with Gasteiger partial charge in [-0.3, -0.25) is 9.59 Å². The van der Waals surface area contributed by atoms with Crippen LogP contribution in [0.15, 0.2) is 0 Å². The summed E-state index contributed by atoms with van der Waals surface area (Å²) >= 11 is 1.41. The molecule has 0 aromatic heterocycles. The monoisotopic (exact) mass is 245 g/mol. The van der Waals surface area contributed by atoms with E-state index in [1.54, 1.807) is 6.92 Å². The number of hydrogen-bond donors (Lipinski definition) is 1. The molecule has 1 N–H and O–H groups in total. The van der Waals surface area contributed by atoms with Crippen molar-refractivity contribution in [2.24, 2.45) is 5.92 Å². The lowest BCUT2D eigenvalue weighted by Gasteiger charge is -2.20. The van der Waals surface area contributed by atoms with E-state index in [1.165, 1.54) is 11.8 Å². The maximum absolute atomic E-state index is 11.8. The molecule has 0 aromatic carbocycles. The number of thioether (sulfide) groups is 1. The van der Waals surface area contributed by atoms with E-state index in [4.69, 9.17) is 5.11 Å². The second-order valence-electron chi connectivity index (χ2n) is 4.17. The number of nitrogens with zero attached hydrogens (tertiary/aromatic N) is 1. The molecule has 1 aliphatic rings. The number of carboxylic acid groups (broad SMARTS) is 1. The van der Waals surface area contributed by atoms with Gasteiger partial charge >= 0.3 is 5.97 Å². The minimum Gasteiger partial charge on any atom is -0.481 e. The van der Waals surface area contributed by atoms with Crippen molar-refractivity contribution in [3.8, 4) is 0 Å². The van der Waals surface area contributed by atoms with Gasteiger partial charge in [0.05, 0.1) is 11.7 Å². The summed E-state index contributed by atoms with van der Waals surface area (Å²) in [6, 6.07) is 0.454. The summed E-state index contributed by atoms with van der Waals surface area (Å²) < 4.78 is 0. The first kappa shape index (κ1) is 13.4. The number of hydrogen-bond acceptors (Lipinski definition) is 3. The van der Waals surface area contributed by atoms with Crippen molar-refractivity contribution >= 4 is 23.6 Å². The standard InChI is InChI=1S/C11H19NO3S/c1-3-12(9-4-5-9)10(13)7-16-6-8(2)11(14)15/h8-9H,3-7H2,1-2H3,(H,14,15). The zero-order chi connectivity index (χ0) is 12.1. The Labute approximate surface area is 100 Å². The number of aliphatic carboxylic acids is 1. The predicted molar refractivity (Wildman–Crippen MR) is 64.5 cm³/mol. The molecular weight excluding hydrogens is 226 g/mol. The fourth-order valence-electron chi connectivity index (χ4n) is 1.50. The number of carbonyl (C=O) groups is 2. The molecule has 0 aliphatic heterocycles. The van der Waals surface area contributed by atoms with Gasteiger partial charge in [-0.05, 0) is 19.8 Å². The zero-order valence-electron chi connectivity index (χ0n) is 9.81. The first-order chi connectivity index (χ1) is 7.56. The minimum atomic E-state index is -0.797. The van der Waals surface area contributed by atoms with Crippen molar-refractivity contribution in [2.45, 2.75) is 32.7 Å². The molecule has 0 radical (unpaired) electrons. The Balaban J connectivity index is 2.21. The molecule has 0 aromatic rings. The van der Waals surface area contributed by atoms with Crippen LogP contribution in [-0.2, 0) is 9.59 Å². The smallest absolute Gasteiger partial charge is 0.307 e. The third-order valence-corrected chi connectivity index (χ3v) is 3.85. The van der Waals surface area contributed by atoms with Gasteiger partial charge in [-0.1, -0.05) is 6.92 Å². The Morgan fingerprint density at radius 2 is 2.12 bits per heavy atom. The van der Waals surface area contributed by atoms with Gasteiger partial charge in [-0.25, -0.2) is 0 Å². The number of amides is 1. The molecule has 0 saturated heterocycles.